The van der Waals surface area contributed by atoms with Gasteiger partial charge >= 0.3 is 0 Å². The highest BCUT2D eigenvalue weighted by molar-refractivity contribution is 7.89. The first kappa shape index (κ1) is 15.9. The van der Waals surface area contributed by atoms with E-state index in [0.29, 0.717) is 17.3 Å². The molecule has 2 atom stereocenters. The molecule has 2 heterocycles. The van der Waals surface area contributed by atoms with Gasteiger partial charge in [0.2, 0.25) is 11.7 Å². The number of hydrogen-bond acceptors (Lipinski definition) is 6. The van der Waals surface area contributed by atoms with E-state index in [1.807, 2.05) is 0 Å². The van der Waals surface area contributed by atoms with E-state index >= 15 is 0 Å². The molecule has 2 N–H and O–H groups in total. The van der Waals surface area contributed by atoms with Gasteiger partial charge in [-0.05, 0) is 36.1 Å². The molecule has 4 rings (SSSR count). The highest BCUT2D eigenvalue weighted by Gasteiger charge is 2.44. The average molecular weight is 360 g/mol. The Morgan fingerprint density at radius 2 is 2.04 bits per heavy atom. The van der Waals surface area contributed by atoms with E-state index in [4.69, 9.17) is 9.66 Å². The van der Waals surface area contributed by atoms with E-state index in [2.05, 4.69) is 15.1 Å². The molecule has 1 saturated carbocycles. The summed E-state index contributed by atoms with van der Waals surface area (Å²) in [4.78, 5) is 8.22. The fourth-order valence-corrected chi connectivity index (χ4v) is 3.20. The smallest absolute Gasteiger partial charge is 0.255 e. The quantitative estimate of drug-likeness (QED) is 0.763. The third-order valence-electron chi connectivity index (χ3n) is 4.11. The van der Waals surface area contributed by atoms with Crippen LogP contribution in [0.15, 0.2) is 52.1 Å². The van der Waals surface area contributed by atoms with E-state index in [0.717, 1.165) is 12.0 Å². The number of nitrogens with zero attached hydrogens (tertiary/aromatic N) is 3. The van der Waals surface area contributed by atoms with Gasteiger partial charge in [-0.25, -0.2) is 22.9 Å². The summed E-state index contributed by atoms with van der Waals surface area (Å²) < 4.78 is 41.0. The van der Waals surface area contributed by atoms with Crippen LogP contribution in [0.5, 0.6) is 0 Å². The number of halogens is 1. The number of rotatable bonds is 4. The van der Waals surface area contributed by atoms with Gasteiger partial charge in [-0.3, -0.25) is 0 Å². The molecule has 3 aromatic rings. The van der Waals surface area contributed by atoms with Gasteiger partial charge in [-0.1, -0.05) is 23.4 Å². The van der Waals surface area contributed by atoms with Crippen molar-refractivity contribution in [3.8, 4) is 11.4 Å². The van der Waals surface area contributed by atoms with Crippen molar-refractivity contribution in [3.63, 3.8) is 0 Å². The Hall–Kier alpha value is -2.65. The van der Waals surface area contributed by atoms with Crippen LogP contribution in [-0.2, 0) is 10.0 Å². The first-order chi connectivity index (χ1) is 11.9. The summed E-state index contributed by atoms with van der Waals surface area (Å²) in [5, 5.41) is 8.77. The number of aromatic nitrogens is 3. The van der Waals surface area contributed by atoms with Crippen LogP contribution in [0.4, 0.5) is 4.39 Å². The molecule has 7 nitrogen and oxygen atoms in total. The summed E-state index contributed by atoms with van der Waals surface area (Å²) in [5.41, 5.74) is 1.43. The van der Waals surface area contributed by atoms with Crippen LogP contribution in [0.3, 0.4) is 0 Å². The van der Waals surface area contributed by atoms with Crippen LogP contribution in [0.25, 0.3) is 11.4 Å². The van der Waals surface area contributed by atoms with Crippen LogP contribution in [0, 0.1) is 5.82 Å². The Labute approximate surface area is 142 Å². The molecule has 1 aliphatic rings. The minimum Gasteiger partial charge on any atom is -0.339 e. The Morgan fingerprint density at radius 3 is 2.72 bits per heavy atom. The molecule has 1 fully saturated rings. The van der Waals surface area contributed by atoms with Gasteiger partial charge in [-0.2, -0.15) is 4.98 Å². The van der Waals surface area contributed by atoms with Crippen molar-refractivity contribution in [1.29, 1.82) is 0 Å². The normalized spacial score (nSPS) is 19.8. The standard InChI is InChI=1S/C16H13FN4O3S/c17-11-3-1-2-9(6-11)15-20-16(24-21-15)13-7-12(13)10-4-5-14(19-8-10)25(18,22)23/h1-6,8,12-13H,7H2,(H2,18,22,23). The molecule has 0 saturated heterocycles. The first-order valence-corrected chi connectivity index (χ1v) is 9.05. The van der Waals surface area contributed by atoms with E-state index in [9.17, 15) is 12.8 Å². The summed E-state index contributed by atoms with van der Waals surface area (Å²) in [6.45, 7) is 0. The number of pyridine rings is 1. The SMILES string of the molecule is NS(=O)(=O)c1ccc(C2CC2c2nc(-c3cccc(F)c3)no2)cn1. The Balaban J connectivity index is 1.52. The predicted molar refractivity (Wildman–Crippen MR) is 85.4 cm³/mol. The van der Waals surface area contributed by atoms with Crippen molar-refractivity contribution < 1.29 is 17.3 Å². The number of primary sulfonamides is 1. The second-order valence-corrected chi connectivity index (χ2v) is 7.40. The third kappa shape index (κ3) is 3.15. The molecule has 2 unspecified atom stereocenters. The zero-order valence-corrected chi connectivity index (χ0v) is 13.6. The minimum atomic E-state index is -3.80. The van der Waals surface area contributed by atoms with Crippen molar-refractivity contribution in [2.75, 3.05) is 0 Å². The summed E-state index contributed by atoms with van der Waals surface area (Å²) in [6, 6.07) is 9.04. The molecule has 2 aromatic heterocycles. The lowest BCUT2D eigenvalue weighted by molar-refractivity contribution is 0.378. The Morgan fingerprint density at radius 1 is 1.20 bits per heavy atom. The molecule has 0 aliphatic heterocycles. The van der Waals surface area contributed by atoms with Gasteiger partial charge in [0.1, 0.15) is 5.82 Å². The average Bonchev–Trinajstić information content (AvgIpc) is 3.22. The van der Waals surface area contributed by atoms with Crippen LogP contribution in [0.1, 0.15) is 29.7 Å². The van der Waals surface area contributed by atoms with Gasteiger partial charge in [0.15, 0.2) is 5.03 Å². The number of sulfonamides is 1. The molecular weight excluding hydrogens is 347 g/mol. The van der Waals surface area contributed by atoms with Gasteiger partial charge in [0.05, 0.1) is 0 Å². The first-order valence-electron chi connectivity index (χ1n) is 7.50. The van der Waals surface area contributed by atoms with Crippen molar-refractivity contribution >= 4 is 10.0 Å². The topological polar surface area (TPSA) is 112 Å². The zero-order chi connectivity index (χ0) is 17.6. The largest absolute Gasteiger partial charge is 0.339 e. The third-order valence-corrected chi connectivity index (χ3v) is 4.94. The van der Waals surface area contributed by atoms with Crippen molar-refractivity contribution in [2.45, 2.75) is 23.3 Å². The summed E-state index contributed by atoms with van der Waals surface area (Å²) in [6.07, 6.45) is 2.29. The molecule has 1 aliphatic carbocycles. The fourth-order valence-electron chi connectivity index (χ4n) is 2.75. The van der Waals surface area contributed by atoms with Crippen molar-refractivity contribution in [1.82, 2.24) is 15.1 Å². The molecule has 0 spiro atoms. The second kappa shape index (κ2) is 5.71. The maximum Gasteiger partial charge on any atom is 0.255 e. The molecule has 0 amide bonds. The van der Waals surface area contributed by atoms with Crippen molar-refractivity contribution in [3.05, 3.63) is 59.9 Å². The van der Waals surface area contributed by atoms with Crippen molar-refractivity contribution in [2.24, 2.45) is 5.14 Å². The maximum atomic E-state index is 13.3. The lowest BCUT2D eigenvalue weighted by atomic mass is 10.1. The number of nitrogens with two attached hydrogens (primary N) is 1. The van der Waals surface area contributed by atoms with E-state index in [-0.39, 0.29) is 22.7 Å². The molecule has 25 heavy (non-hydrogen) atoms. The van der Waals surface area contributed by atoms with Gasteiger partial charge < -0.3 is 4.52 Å². The summed E-state index contributed by atoms with van der Waals surface area (Å²) >= 11 is 0. The van der Waals surface area contributed by atoms with Crippen LogP contribution in [0.2, 0.25) is 0 Å². The lowest BCUT2D eigenvalue weighted by Crippen LogP contribution is -2.13. The molecule has 0 bridgehead atoms. The van der Waals surface area contributed by atoms with E-state index in [1.165, 1.54) is 24.4 Å². The highest BCUT2D eigenvalue weighted by Crippen LogP contribution is 2.54. The summed E-state index contributed by atoms with van der Waals surface area (Å²) in [5.74, 6) is 0.608. The molecule has 1 aromatic carbocycles. The lowest BCUT2D eigenvalue weighted by Gasteiger charge is -2.00. The second-order valence-electron chi connectivity index (χ2n) is 5.89. The molecule has 9 heteroatoms. The molecule has 0 radical (unpaired) electrons. The van der Waals surface area contributed by atoms with Gasteiger partial charge in [0.25, 0.3) is 10.0 Å². The maximum absolute atomic E-state index is 13.3. The Kier molecular flexibility index (Phi) is 3.62. The van der Waals surface area contributed by atoms with Crippen LogP contribution >= 0.6 is 0 Å². The summed E-state index contributed by atoms with van der Waals surface area (Å²) in [7, 11) is -3.80. The van der Waals surface area contributed by atoms with Crippen LogP contribution < -0.4 is 5.14 Å². The van der Waals surface area contributed by atoms with Gasteiger partial charge in [0, 0.05) is 17.7 Å². The monoisotopic (exact) mass is 360 g/mol. The Bertz CT molecular complexity index is 1030. The van der Waals surface area contributed by atoms with Crippen LogP contribution in [-0.4, -0.2) is 23.5 Å². The molecule has 128 valence electrons. The fraction of sp³-hybridized carbons (Fsp3) is 0.188. The minimum absolute atomic E-state index is 0.0388. The zero-order valence-electron chi connectivity index (χ0n) is 12.8. The van der Waals surface area contributed by atoms with E-state index < -0.39 is 10.0 Å². The predicted octanol–water partition coefficient (Wildman–Crippen LogP) is 2.19. The molecular formula is C16H13FN4O3S. The number of benzene rings is 1. The number of hydrogen-bond donors (Lipinski definition) is 1. The highest BCUT2D eigenvalue weighted by atomic mass is 32.2. The van der Waals surface area contributed by atoms with Gasteiger partial charge in [-0.15, -0.1) is 0 Å². The van der Waals surface area contributed by atoms with E-state index in [1.54, 1.807) is 18.2 Å².